The Morgan fingerprint density at radius 1 is 1.02 bits per heavy atom. The zero-order valence-corrected chi connectivity index (χ0v) is 26.7. The van der Waals surface area contributed by atoms with Crippen LogP contribution in [0.5, 0.6) is 5.75 Å². The fourth-order valence-corrected chi connectivity index (χ4v) is 8.80. The Bertz CT molecular complexity index is 1610. The second-order valence-electron chi connectivity index (χ2n) is 14.6. The molecule has 4 aliphatic carbocycles. The zero-order valence-electron chi connectivity index (χ0n) is 26.7. The molecule has 2 aromatic heterocycles. The smallest absolute Gasteiger partial charge is 0.345 e. The minimum Gasteiger partial charge on any atom is -0.482 e. The van der Waals surface area contributed by atoms with Crippen LogP contribution in [0.25, 0.3) is 11.3 Å². The third-order valence-electron chi connectivity index (χ3n) is 11.4. The molecule has 11 nitrogen and oxygen atoms in total. The van der Waals surface area contributed by atoms with Gasteiger partial charge in [-0.05, 0) is 75.3 Å². The molecule has 8 atom stereocenters. The molecule has 46 heavy (non-hydrogen) atoms. The topological polar surface area (TPSA) is 151 Å². The average molecular weight is 636 g/mol. The summed E-state index contributed by atoms with van der Waals surface area (Å²) in [6.45, 7) is 7.17. The molecule has 0 aromatic carbocycles. The predicted octanol–water partition coefficient (Wildman–Crippen LogP) is 4.54. The highest BCUT2D eigenvalue weighted by atomic mass is 16.6. The summed E-state index contributed by atoms with van der Waals surface area (Å²) >= 11 is 0. The van der Waals surface area contributed by atoms with E-state index in [4.69, 9.17) is 23.4 Å². The highest BCUT2D eigenvalue weighted by molar-refractivity contribution is 5.75. The molecule has 3 heterocycles. The van der Waals surface area contributed by atoms with Crippen molar-refractivity contribution in [1.82, 2.24) is 4.98 Å². The molecule has 1 aliphatic heterocycles. The second-order valence-corrected chi connectivity index (χ2v) is 14.6. The Kier molecular flexibility index (Phi) is 7.34. The summed E-state index contributed by atoms with van der Waals surface area (Å²) in [6.07, 6.45) is 4.89. The molecule has 0 unspecified atom stereocenters. The van der Waals surface area contributed by atoms with Crippen molar-refractivity contribution in [1.29, 1.82) is 0 Å². The van der Waals surface area contributed by atoms with Gasteiger partial charge in [-0.3, -0.25) is 19.4 Å². The molecular formula is C35H41NO10. The minimum atomic E-state index is -1.33. The molecule has 4 fully saturated rings. The number of fused-ring (bicyclic) bond motifs is 4. The number of hydrogen-bond acceptors (Lipinski definition) is 11. The Morgan fingerprint density at radius 3 is 2.39 bits per heavy atom. The summed E-state index contributed by atoms with van der Waals surface area (Å²) in [7, 11) is 0. The number of rotatable bonds is 7. The fourth-order valence-electron chi connectivity index (χ4n) is 8.80. The number of aliphatic hydroxyl groups excluding tert-OH is 1. The van der Waals surface area contributed by atoms with Crippen LogP contribution in [0.4, 0.5) is 0 Å². The van der Waals surface area contributed by atoms with E-state index >= 15 is 0 Å². The Labute approximate surface area is 267 Å². The van der Waals surface area contributed by atoms with E-state index in [1.807, 2.05) is 20.8 Å². The number of esters is 3. The van der Waals surface area contributed by atoms with Crippen molar-refractivity contribution in [2.24, 2.45) is 34.5 Å². The maximum atomic E-state index is 13.6. The van der Waals surface area contributed by atoms with Gasteiger partial charge in [0.15, 0.2) is 0 Å². The molecule has 0 bridgehead atoms. The lowest BCUT2D eigenvalue weighted by Gasteiger charge is -2.66. The van der Waals surface area contributed by atoms with E-state index in [0.717, 1.165) is 25.7 Å². The maximum Gasteiger partial charge on any atom is 0.345 e. The summed E-state index contributed by atoms with van der Waals surface area (Å²) in [5, 5.41) is 12.2. The van der Waals surface area contributed by atoms with Gasteiger partial charge in [-0.15, -0.1) is 0 Å². The number of ether oxygens (including phenoxy) is 4. The standard InChI is InChI=1S/C35H41NO10/c1-18(37)43-26-15-24-33(2,12-11-25(45-31(40)20-9-10-20)34(24,3)17-42-30(39)19-7-8-19)29-28(38)27-23(46-35(26,29)4)14-22(44-32(27)41)21-6-5-13-36-16-21/h5-6,13-14,16,19-20,24-26,28-29,38H,7-12,15,17H2,1-4H3/t24-,25+,26+,28+,29-,33+,34+,35-/m1/s1. The number of aliphatic hydroxyl groups is 1. The van der Waals surface area contributed by atoms with Crippen LogP contribution in [0.2, 0.25) is 0 Å². The lowest BCUT2D eigenvalue weighted by Crippen LogP contribution is -2.71. The number of hydrogen-bond donors (Lipinski definition) is 1. The third-order valence-corrected chi connectivity index (χ3v) is 11.4. The summed E-state index contributed by atoms with van der Waals surface area (Å²) in [5.41, 5.74) is -3.00. The van der Waals surface area contributed by atoms with Gasteiger partial charge in [-0.25, -0.2) is 4.79 Å². The lowest BCUT2D eigenvalue weighted by molar-refractivity contribution is -0.271. The van der Waals surface area contributed by atoms with Crippen LogP contribution in [-0.2, 0) is 28.6 Å². The van der Waals surface area contributed by atoms with Gasteiger partial charge >= 0.3 is 23.5 Å². The van der Waals surface area contributed by atoms with Crippen LogP contribution >= 0.6 is 0 Å². The van der Waals surface area contributed by atoms with Gasteiger partial charge in [0.1, 0.15) is 41.5 Å². The molecule has 11 heteroatoms. The first-order valence-electron chi connectivity index (χ1n) is 16.3. The second kappa shape index (κ2) is 10.9. The molecule has 246 valence electrons. The van der Waals surface area contributed by atoms with Crippen molar-refractivity contribution in [2.45, 2.75) is 96.6 Å². The van der Waals surface area contributed by atoms with Gasteiger partial charge in [0.25, 0.3) is 0 Å². The van der Waals surface area contributed by atoms with Gasteiger partial charge in [0.05, 0.1) is 17.9 Å². The summed E-state index contributed by atoms with van der Waals surface area (Å²) in [5.74, 6) is -1.96. The third kappa shape index (κ3) is 5.02. The Balaban J connectivity index is 1.31. The minimum absolute atomic E-state index is 0.00251. The van der Waals surface area contributed by atoms with Crippen LogP contribution < -0.4 is 10.4 Å². The van der Waals surface area contributed by atoms with Crippen LogP contribution in [0.15, 0.2) is 39.8 Å². The Morgan fingerprint density at radius 2 is 1.74 bits per heavy atom. The molecule has 0 spiro atoms. The van der Waals surface area contributed by atoms with Crippen LogP contribution in [-0.4, -0.2) is 52.4 Å². The van der Waals surface area contributed by atoms with Crippen LogP contribution in [0.1, 0.15) is 84.3 Å². The molecule has 4 saturated carbocycles. The van der Waals surface area contributed by atoms with E-state index in [9.17, 15) is 24.3 Å². The first kappa shape index (κ1) is 30.9. The predicted molar refractivity (Wildman–Crippen MR) is 161 cm³/mol. The molecule has 1 N–H and O–H groups in total. The normalized spacial score (nSPS) is 36.2. The van der Waals surface area contributed by atoms with E-state index in [1.165, 1.54) is 6.92 Å². The maximum absolute atomic E-state index is 13.6. The average Bonchev–Trinajstić information content (AvgIpc) is 3.91. The monoisotopic (exact) mass is 635 g/mol. The van der Waals surface area contributed by atoms with Gasteiger partial charge in [-0.2, -0.15) is 0 Å². The largest absolute Gasteiger partial charge is 0.482 e. The van der Waals surface area contributed by atoms with Crippen molar-refractivity contribution in [3.05, 3.63) is 46.6 Å². The van der Waals surface area contributed by atoms with Crippen LogP contribution in [0, 0.1) is 34.5 Å². The van der Waals surface area contributed by atoms with E-state index in [2.05, 4.69) is 4.98 Å². The molecule has 0 amide bonds. The van der Waals surface area contributed by atoms with Crippen molar-refractivity contribution in [2.75, 3.05) is 6.61 Å². The van der Waals surface area contributed by atoms with E-state index < -0.39 is 52.3 Å². The van der Waals surface area contributed by atoms with Crippen molar-refractivity contribution in [3.63, 3.8) is 0 Å². The summed E-state index contributed by atoms with van der Waals surface area (Å²) < 4.78 is 30.5. The first-order chi connectivity index (χ1) is 21.8. The molecule has 2 aromatic rings. The van der Waals surface area contributed by atoms with Gasteiger partial charge < -0.3 is 28.5 Å². The van der Waals surface area contributed by atoms with Crippen LogP contribution in [0.3, 0.4) is 0 Å². The quantitative estimate of drug-likeness (QED) is 0.337. The van der Waals surface area contributed by atoms with E-state index in [1.54, 1.807) is 30.6 Å². The number of carbonyl (C=O) groups excluding carboxylic acids is 3. The zero-order chi connectivity index (χ0) is 32.6. The number of carbonyl (C=O) groups is 3. The summed E-state index contributed by atoms with van der Waals surface area (Å²) in [6, 6.07) is 5.05. The number of pyridine rings is 1. The van der Waals surface area contributed by atoms with Crippen molar-refractivity contribution < 1.29 is 42.9 Å². The van der Waals surface area contributed by atoms with Gasteiger partial charge in [-0.1, -0.05) is 13.8 Å². The highest BCUT2D eigenvalue weighted by Gasteiger charge is 2.71. The van der Waals surface area contributed by atoms with Crippen molar-refractivity contribution in [3.8, 4) is 17.1 Å². The lowest BCUT2D eigenvalue weighted by atomic mass is 9.42. The summed E-state index contributed by atoms with van der Waals surface area (Å²) in [4.78, 5) is 56.1. The number of aromatic nitrogens is 1. The van der Waals surface area contributed by atoms with Gasteiger partial charge in [0, 0.05) is 42.3 Å². The van der Waals surface area contributed by atoms with Gasteiger partial charge in [0.2, 0.25) is 0 Å². The molecule has 0 saturated heterocycles. The molecule has 5 aliphatic rings. The molecule has 0 radical (unpaired) electrons. The molecule has 7 rings (SSSR count). The number of nitrogens with zero attached hydrogens (tertiary/aromatic N) is 1. The van der Waals surface area contributed by atoms with E-state index in [0.29, 0.717) is 24.8 Å². The Hall–Kier alpha value is -3.73. The fraction of sp³-hybridized carbons (Fsp3) is 0.629. The van der Waals surface area contributed by atoms with E-state index in [-0.39, 0.29) is 53.4 Å². The van der Waals surface area contributed by atoms with Crippen molar-refractivity contribution >= 4 is 17.9 Å². The molecular weight excluding hydrogens is 594 g/mol. The highest BCUT2D eigenvalue weighted by Crippen LogP contribution is 2.67. The SMILES string of the molecule is CC(=O)O[C@H]1C[C@H]2[C@](C)(COC(=O)C3CC3)[C@@H](OC(=O)C3CC3)CC[C@]2(C)[C@H]2[C@@H](O)c3c(cc(-c4cccnc4)oc3=O)O[C@]12C. The first-order valence-corrected chi connectivity index (χ1v) is 16.3.